The number of aromatic amines is 1. The van der Waals surface area contributed by atoms with Gasteiger partial charge in [-0.3, -0.25) is 5.10 Å². The number of aromatic nitrogens is 2. The fourth-order valence-electron chi connectivity index (χ4n) is 2.90. The lowest BCUT2D eigenvalue weighted by Crippen LogP contribution is -2.28. The second kappa shape index (κ2) is 7.31. The van der Waals surface area contributed by atoms with E-state index in [0.29, 0.717) is 0 Å². The highest BCUT2D eigenvalue weighted by molar-refractivity contribution is 5.58. The van der Waals surface area contributed by atoms with E-state index in [9.17, 15) is 0 Å². The van der Waals surface area contributed by atoms with Crippen LogP contribution in [0.3, 0.4) is 0 Å². The van der Waals surface area contributed by atoms with Gasteiger partial charge in [-0.15, -0.1) is 0 Å². The second-order valence-corrected chi connectivity index (χ2v) is 5.87. The third kappa shape index (κ3) is 4.01. The zero-order valence-electron chi connectivity index (χ0n) is 13.1. The first-order chi connectivity index (χ1) is 10.8. The van der Waals surface area contributed by atoms with Gasteiger partial charge in [-0.05, 0) is 57.0 Å². The maximum absolute atomic E-state index is 5.82. The van der Waals surface area contributed by atoms with Crippen LogP contribution in [0.25, 0.3) is 0 Å². The average molecular weight is 300 g/mol. The lowest BCUT2D eigenvalue weighted by atomic mass is 10.2. The highest BCUT2D eigenvalue weighted by Crippen LogP contribution is 2.20. The van der Waals surface area contributed by atoms with Crippen molar-refractivity contribution in [1.82, 2.24) is 15.1 Å². The van der Waals surface area contributed by atoms with E-state index in [4.69, 9.17) is 4.74 Å². The first kappa shape index (κ1) is 14.9. The molecule has 2 aromatic rings. The summed E-state index contributed by atoms with van der Waals surface area (Å²) in [6, 6.07) is 8.78. The number of benzene rings is 1. The molecule has 3 rings (SSSR count). The van der Waals surface area contributed by atoms with Crippen molar-refractivity contribution in [2.24, 2.45) is 0 Å². The molecule has 0 bridgehead atoms. The molecule has 1 aromatic heterocycles. The fraction of sp³-hybridized carbons (Fsp3) is 0.471. The molecule has 22 heavy (non-hydrogen) atoms. The SMILES string of the molecule is CC1CCCN1CCCOc1ccc(Nc2cn[nH]c2)cc1. The molecule has 1 aliphatic rings. The number of anilines is 2. The minimum Gasteiger partial charge on any atom is -0.494 e. The normalized spacial score (nSPS) is 18.5. The first-order valence-corrected chi connectivity index (χ1v) is 8.04. The molecule has 2 N–H and O–H groups in total. The molecule has 1 fully saturated rings. The van der Waals surface area contributed by atoms with Gasteiger partial charge in [0.2, 0.25) is 0 Å². The van der Waals surface area contributed by atoms with Gasteiger partial charge in [0.1, 0.15) is 5.75 Å². The summed E-state index contributed by atoms with van der Waals surface area (Å²) in [5.74, 6) is 0.923. The van der Waals surface area contributed by atoms with Crippen LogP contribution in [0.1, 0.15) is 26.2 Å². The number of nitrogens with zero attached hydrogens (tertiary/aromatic N) is 2. The van der Waals surface area contributed by atoms with Gasteiger partial charge < -0.3 is 15.0 Å². The number of H-pyrrole nitrogens is 1. The van der Waals surface area contributed by atoms with E-state index in [2.05, 4.69) is 27.3 Å². The predicted molar refractivity (Wildman–Crippen MR) is 88.7 cm³/mol. The quantitative estimate of drug-likeness (QED) is 0.769. The van der Waals surface area contributed by atoms with E-state index in [1.807, 2.05) is 30.5 Å². The summed E-state index contributed by atoms with van der Waals surface area (Å²) >= 11 is 0. The van der Waals surface area contributed by atoms with E-state index < -0.39 is 0 Å². The van der Waals surface area contributed by atoms with Crippen LogP contribution in [0.4, 0.5) is 11.4 Å². The smallest absolute Gasteiger partial charge is 0.119 e. The number of likely N-dealkylation sites (tertiary alicyclic amines) is 1. The van der Waals surface area contributed by atoms with Crippen molar-refractivity contribution in [3.05, 3.63) is 36.7 Å². The van der Waals surface area contributed by atoms with E-state index in [-0.39, 0.29) is 0 Å². The molecule has 1 aromatic carbocycles. The molecule has 1 atom stereocenters. The molecule has 118 valence electrons. The van der Waals surface area contributed by atoms with E-state index >= 15 is 0 Å². The Hall–Kier alpha value is -2.01. The first-order valence-electron chi connectivity index (χ1n) is 8.04. The Morgan fingerprint density at radius 1 is 1.32 bits per heavy atom. The number of rotatable bonds is 7. The van der Waals surface area contributed by atoms with Gasteiger partial charge in [-0.2, -0.15) is 5.10 Å². The van der Waals surface area contributed by atoms with Gasteiger partial charge in [-0.25, -0.2) is 0 Å². The maximum atomic E-state index is 5.82. The van der Waals surface area contributed by atoms with Gasteiger partial charge in [-0.1, -0.05) is 0 Å². The summed E-state index contributed by atoms with van der Waals surface area (Å²) in [5, 5.41) is 9.95. The average Bonchev–Trinajstić information content (AvgIpc) is 3.17. The van der Waals surface area contributed by atoms with Crippen LogP contribution >= 0.6 is 0 Å². The largest absolute Gasteiger partial charge is 0.494 e. The molecule has 5 nitrogen and oxygen atoms in total. The summed E-state index contributed by atoms with van der Waals surface area (Å²) in [4.78, 5) is 2.56. The van der Waals surface area contributed by atoms with Crippen molar-refractivity contribution in [2.75, 3.05) is 25.0 Å². The Balaban J connectivity index is 1.39. The van der Waals surface area contributed by atoms with Crippen LogP contribution in [-0.2, 0) is 0 Å². The lowest BCUT2D eigenvalue weighted by molar-refractivity contribution is 0.230. The number of hydrogen-bond acceptors (Lipinski definition) is 4. The van der Waals surface area contributed by atoms with Gasteiger partial charge in [0, 0.05) is 24.5 Å². The standard InChI is InChI=1S/C17H24N4O/c1-14-4-2-9-21(14)10-3-11-22-17-7-5-15(6-8-17)20-16-12-18-19-13-16/h5-8,12-14,20H,2-4,9-11H2,1H3,(H,18,19). The number of ether oxygens (including phenoxy) is 1. The maximum Gasteiger partial charge on any atom is 0.119 e. The molecule has 0 radical (unpaired) electrons. The van der Waals surface area contributed by atoms with Crippen molar-refractivity contribution in [3.8, 4) is 5.75 Å². The van der Waals surface area contributed by atoms with Crippen molar-refractivity contribution in [3.63, 3.8) is 0 Å². The highest BCUT2D eigenvalue weighted by Gasteiger charge is 2.18. The molecule has 1 aliphatic heterocycles. The molecule has 1 saturated heterocycles. The van der Waals surface area contributed by atoms with Gasteiger partial charge in [0.15, 0.2) is 0 Å². The Kier molecular flexibility index (Phi) is 4.96. The molecule has 2 heterocycles. The molecular formula is C17H24N4O. The Morgan fingerprint density at radius 3 is 2.86 bits per heavy atom. The van der Waals surface area contributed by atoms with Crippen molar-refractivity contribution in [2.45, 2.75) is 32.2 Å². The number of nitrogens with one attached hydrogen (secondary N) is 2. The van der Waals surface area contributed by atoms with E-state index in [0.717, 1.165) is 42.7 Å². The highest BCUT2D eigenvalue weighted by atomic mass is 16.5. The summed E-state index contributed by atoms with van der Waals surface area (Å²) in [5.41, 5.74) is 1.98. The summed E-state index contributed by atoms with van der Waals surface area (Å²) < 4.78 is 5.82. The van der Waals surface area contributed by atoms with Crippen LogP contribution in [0.15, 0.2) is 36.7 Å². The number of hydrogen-bond donors (Lipinski definition) is 2. The molecular weight excluding hydrogens is 276 g/mol. The zero-order chi connectivity index (χ0) is 15.2. The van der Waals surface area contributed by atoms with Crippen molar-refractivity contribution >= 4 is 11.4 Å². The third-order valence-corrected chi connectivity index (χ3v) is 4.19. The van der Waals surface area contributed by atoms with Gasteiger partial charge in [0.25, 0.3) is 0 Å². The van der Waals surface area contributed by atoms with Crippen LogP contribution in [0, 0.1) is 0 Å². The Labute approximate surface area is 131 Å². The molecule has 0 spiro atoms. The van der Waals surface area contributed by atoms with E-state index in [1.54, 1.807) is 6.20 Å². The van der Waals surface area contributed by atoms with Crippen LogP contribution in [0.5, 0.6) is 5.75 Å². The Morgan fingerprint density at radius 2 is 2.18 bits per heavy atom. The minimum absolute atomic E-state index is 0.744. The van der Waals surface area contributed by atoms with E-state index in [1.165, 1.54) is 19.4 Å². The van der Waals surface area contributed by atoms with Gasteiger partial charge >= 0.3 is 0 Å². The van der Waals surface area contributed by atoms with Crippen molar-refractivity contribution in [1.29, 1.82) is 0 Å². The van der Waals surface area contributed by atoms with Gasteiger partial charge in [0.05, 0.1) is 18.5 Å². The molecule has 0 saturated carbocycles. The molecule has 5 heteroatoms. The zero-order valence-corrected chi connectivity index (χ0v) is 13.1. The minimum atomic E-state index is 0.744. The fourth-order valence-corrected chi connectivity index (χ4v) is 2.90. The molecule has 0 aliphatic carbocycles. The predicted octanol–water partition coefficient (Wildman–Crippen LogP) is 3.41. The lowest BCUT2D eigenvalue weighted by Gasteiger charge is -2.20. The van der Waals surface area contributed by atoms with Crippen LogP contribution in [0.2, 0.25) is 0 Å². The molecule has 0 amide bonds. The summed E-state index contributed by atoms with van der Waals surface area (Å²) in [6.07, 6.45) is 7.34. The topological polar surface area (TPSA) is 53.2 Å². The van der Waals surface area contributed by atoms with Crippen LogP contribution in [-0.4, -0.2) is 40.8 Å². The van der Waals surface area contributed by atoms with Crippen molar-refractivity contribution < 1.29 is 4.74 Å². The van der Waals surface area contributed by atoms with Crippen LogP contribution < -0.4 is 10.1 Å². The molecule has 1 unspecified atom stereocenters. The summed E-state index contributed by atoms with van der Waals surface area (Å²) in [6.45, 7) is 5.48. The Bertz CT molecular complexity index is 553. The summed E-state index contributed by atoms with van der Waals surface area (Å²) in [7, 11) is 0. The third-order valence-electron chi connectivity index (χ3n) is 4.19. The monoisotopic (exact) mass is 300 g/mol. The second-order valence-electron chi connectivity index (χ2n) is 5.87.